The number of rotatable bonds is 2. The van der Waals surface area contributed by atoms with E-state index < -0.39 is 5.97 Å². The number of aromatic nitrogens is 2. The Morgan fingerprint density at radius 2 is 1.88 bits per heavy atom. The predicted octanol–water partition coefficient (Wildman–Crippen LogP) is 0.832. The summed E-state index contributed by atoms with van der Waals surface area (Å²) in [5, 5.41) is 24.1. The number of hydrogen-bond donors (Lipinski definition) is 3. The molecule has 0 saturated heterocycles. The van der Waals surface area contributed by atoms with Gasteiger partial charge in [0, 0.05) is 0 Å². The van der Waals surface area contributed by atoms with E-state index in [1.807, 2.05) is 0 Å². The van der Waals surface area contributed by atoms with Crippen molar-refractivity contribution >= 4 is 35.5 Å². The summed E-state index contributed by atoms with van der Waals surface area (Å²) in [6.07, 6.45) is 0. The van der Waals surface area contributed by atoms with Crippen LogP contribution < -0.4 is 0 Å². The fraction of sp³-hybridized carbons (Fsp3) is 0. The van der Waals surface area contributed by atoms with E-state index in [4.69, 9.17) is 5.11 Å². The number of nitrogens with zero attached hydrogens (tertiary/aromatic N) is 1. The van der Waals surface area contributed by atoms with E-state index in [0.717, 1.165) is 0 Å². The standard InChI is InChI=1S/C10H8N2O3.Na.H/c13-9-7(6-4-2-1-3-5-6)8(10(14)15)11-12-9;;/h1-5H,(H,14,15)(H2,11,12,13);;. The molecule has 78 valence electrons. The van der Waals surface area contributed by atoms with Crippen molar-refractivity contribution in [2.45, 2.75) is 0 Å². The molecule has 0 fully saturated rings. The van der Waals surface area contributed by atoms with E-state index in [9.17, 15) is 9.90 Å². The number of aromatic hydroxyl groups is 1. The number of benzene rings is 1. The fourth-order valence-electron chi connectivity index (χ4n) is 1.37. The molecule has 0 aliphatic heterocycles. The van der Waals surface area contributed by atoms with Gasteiger partial charge in [0.25, 0.3) is 0 Å². The van der Waals surface area contributed by atoms with Gasteiger partial charge in [-0.1, -0.05) is 30.3 Å². The summed E-state index contributed by atoms with van der Waals surface area (Å²) in [4.78, 5) is 10.8. The summed E-state index contributed by atoms with van der Waals surface area (Å²) in [7, 11) is 0. The molecule has 0 amide bonds. The fourth-order valence-corrected chi connectivity index (χ4v) is 1.37. The number of carboxylic acid groups (broad SMARTS) is 1. The average molecular weight is 228 g/mol. The number of aromatic amines is 1. The third kappa shape index (κ3) is 2.27. The Hall–Kier alpha value is -1.30. The molecule has 6 heteroatoms. The van der Waals surface area contributed by atoms with Gasteiger partial charge in [0.05, 0.1) is 5.56 Å². The Balaban J connectivity index is 0.00000128. The number of H-pyrrole nitrogens is 1. The number of hydrogen-bond acceptors (Lipinski definition) is 3. The molecule has 0 bridgehead atoms. The van der Waals surface area contributed by atoms with Crippen LogP contribution in [0.15, 0.2) is 30.3 Å². The first-order chi connectivity index (χ1) is 7.20. The van der Waals surface area contributed by atoms with Crippen LogP contribution in [-0.4, -0.2) is 55.9 Å². The number of aromatic carboxylic acids is 1. The summed E-state index contributed by atoms with van der Waals surface area (Å²) in [5.41, 5.74) is 0.642. The monoisotopic (exact) mass is 228 g/mol. The summed E-state index contributed by atoms with van der Waals surface area (Å²) in [6.45, 7) is 0. The topological polar surface area (TPSA) is 86.2 Å². The first kappa shape index (κ1) is 12.8. The van der Waals surface area contributed by atoms with Gasteiger partial charge in [0.1, 0.15) is 0 Å². The number of nitrogens with one attached hydrogen (secondary N) is 1. The molecule has 0 atom stereocenters. The predicted molar refractivity (Wildman–Crippen MR) is 59.8 cm³/mol. The van der Waals surface area contributed by atoms with Crippen LogP contribution in [0, 0.1) is 0 Å². The maximum atomic E-state index is 10.8. The van der Waals surface area contributed by atoms with Gasteiger partial charge in [-0.15, -0.1) is 0 Å². The third-order valence-corrected chi connectivity index (χ3v) is 2.01. The van der Waals surface area contributed by atoms with Crippen molar-refractivity contribution in [3.8, 4) is 17.0 Å². The van der Waals surface area contributed by atoms with Gasteiger partial charge in [-0.25, -0.2) is 9.89 Å². The van der Waals surface area contributed by atoms with Crippen molar-refractivity contribution in [3.63, 3.8) is 0 Å². The minimum absolute atomic E-state index is 0. The van der Waals surface area contributed by atoms with Gasteiger partial charge in [-0.3, -0.25) is 0 Å². The molecule has 0 radical (unpaired) electrons. The molecule has 5 nitrogen and oxygen atoms in total. The maximum absolute atomic E-state index is 10.8. The molecular formula is C10H9N2NaO3. The zero-order chi connectivity index (χ0) is 10.8. The van der Waals surface area contributed by atoms with Gasteiger partial charge in [0.2, 0.25) is 5.88 Å². The second-order valence-electron chi connectivity index (χ2n) is 2.97. The van der Waals surface area contributed by atoms with Crippen LogP contribution >= 0.6 is 0 Å². The zero-order valence-electron chi connectivity index (χ0n) is 7.64. The van der Waals surface area contributed by atoms with Crippen molar-refractivity contribution in [2.75, 3.05) is 0 Å². The third-order valence-electron chi connectivity index (χ3n) is 2.01. The molecule has 0 unspecified atom stereocenters. The Morgan fingerprint density at radius 1 is 1.25 bits per heavy atom. The van der Waals surface area contributed by atoms with Crippen molar-refractivity contribution in [1.82, 2.24) is 10.2 Å². The zero-order valence-corrected chi connectivity index (χ0v) is 7.64. The molecule has 1 heterocycles. The SMILES string of the molecule is O=C(O)c1n[nH]c(O)c1-c1ccccc1.[NaH]. The molecule has 0 spiro atoms. The van der Waals surface area contributed by atoms with Gasteiger partial charge in [-0.05, 0) is 5.56 Å². The summed E-state index contributed by atoms with van der Waals surface area (Å²) in [6, 6.07) is 8.73. The molecule has 1 aromatic carbocycles. The van der Waals surface area contributed by atoms with E-state index in [2.05, 4.69) is 10.2 Å². The molecule has 0 aliphatic rings. The summed E-state index contributed by atoms with van der Waals surface area (Å²) >= 11 is 0. The van der Waals surface area contributed by atoms with E-state index in [0.29, 0.717) is 5.56 Å². The van der Waals surface area contributed by atoms with Gasteiger partial charge < -0.3 is 10.2 Å². The quantitative estimate of drug-likeness (QED) is 0.664. The first-order valence-corrected chi connectivity index (χ1v) is 4.26. The van der Waals surface area contributed by atoms with Crippen LogP contribution in [0.25, 0.3) is 11.1 Å². The summed E-state index contributed by atoms with van der Waals surface area (Å²) in [5.74, 6) is -1.41. The summed E-state index contributed by atoms with van der Waals surface area (Å²) < 4.78 is 0. The van der Waals surface area contributed by atoms with Crippen molar-refractivity contribution in [2.24, 2.45) is 0 Å². The normalized spacial score (nSPS) is 9.50. The molecule has 2 rings (SSSR count). The number of carboxylic acids is 1. The van der Waals surface area contributed by atoms with Crippen LogP contribution in [0.3, 0.4) is 0 Å². The Morgan fingerprint density at radius 3 is 2.44 bits per heavy atom. The molecule has 1 aromatic heterocycles. The van der Waals surface area contributed by atoms with E-state index in [-0.39, 0.29) is 46.7 Å². The minimum atomic E-state index is -1.18. The van der Waals surface area contributed by atoms with Gasteiger partial charge in [-0.2, -0.15) is 5.10 Å². The Bertz CT molecular complexity index is 496. The van der Waals surface area contributed by atoms with Gasteiger partial charge in [0.15, 0.2) is 5.69 Å². The van der Waals surface area contributed by atoms with Crippen LogP contribution in [0.4, 0.5) is 0 Å². The van der Waals surface area contributed by atoms with Crippen LogP contribution in [-0.2, 0) is 0 Å². The van der Waals surface area contributed by atoms with Crippen molar-refractivity contribution in [3.05, 3.63) is 36.0 Å². The van der Waals surface area contributed by atoms with Gasteiger partial charge >= 0.3 is 35.5 Å². The van der Waals surface area contributed by atoms with Crippen LogP contribution in [0.5, 0.6) is 5.88 Å². The molecule has 0 saturated carbocycles. The molecule has 16 heavy (non-hydrogen) atoms. The molecule has 3 N–H and O–H groups in total. The average Bonchev–Trinajstić information content (AvgIpc) is 2.61. The van der Waals surface area contributed by atoms with E-state index in [1.54, 1.807) is 30.3 Å². The number of carbonyl (C=O) groups is 1. The second-order valence-corrected chi connectivity index (χ2v) is 2.97. The van der Waals surface area contributed by atoms with Crippen LogP contribution in [0.1, 0.15) is 10.5 Å². The van der Waals surface area contributed by atoms with E-state index in [1.165, 1.54) is 0 Å². The Kier molecular flexibility index (Phi) is 4.12. The van der Waals surface area contributed by atoms with Crippen LogP contribution in [0.2, 0.25) is 0 Å². The van der Waals surface area contributed by atoms with E-state index >= 15 is 0 Å². The van der Waals surface area contributed by atoms with Crippen molar-refractivity contribution in [1.29, 1.82) is 0 Å². The second kappa shape index (κ2) is 5.16. The molecule has 2 aromatic rings. The Labute approximate surface area is 113 Å². The van der Waals surface area contributed by atoms with Crippen molar-refractivity contribution < 1.29 is 15.0 Å². The molecule has 0 aliphatic carbocycles. The first-order valence-electron chi connectivity index (χ1n) is 4.26. The molecular weight excluding hydrogens is 219 g/mol.